The molecule has 150 valence electrons. The van der Waals surface area contributed by atoms with E-state index in [1.165, 1.54) is 30.3 Å². The summed E-state index contributed by atoms with van der Waals surface area (Å²) in [6.45, 7) is 0.920. The first-order chi connectivity index (χ1) is 13.9. The number of carbonyl (C=O) groups excluding carboxylic acids is 2. The number of allylic oxidation sites excluding steroid dienone is 2. The van der Waals surface area contributed by atoms with Crippen molar-refractivity contribution >= 4 is 21.6 Å². The number of hydrogen-bond acceptors (Lipinski definition) is 5. The topological polar surface area (TPSA) is 83.6 Å². The Bertz CT molecular complexity index is 1120. The Morgan fingerprint density at radius 3 is 2.10 bits per heavy atom. The van der Waals surface area contributed by atoms with Gasteiger partial charge in [0.15, 0.2) is 4.91 Å². The second-order valence-electron chi connectivity index (χ2n) is 7.03. The molecular formula is C21H19FN2O4S. The van der Waals surface area contributed by atoms with Crippen LogP contribution in [0.5, 0.6) is 0 Å². The first kappa shape index (κ1) is 19.5. The predicted molar refractivity (Wildman–Crippen MR) is 105 cm³/mol. The van der Waals surface area contributed by atoms with Crippen molar-refractivity contribution in [3.8, 4) is 0 Å². The molecule has 0 spiro atoms. The fourth-order valence-corrected chi connectivity index (χ4v) is 5.00. The van der Waals surface area contributed by atoms with Gasteiger partial charge in [0, 0.05) is 30.8 Å². The highest BCUT2D eigenvalue weighted by Gasteiger charge is 2.41. The van der Waals surface area contributed by atoms with Gasteiger partial charge in [0.2, 0.25) is 21.6 Å². The van der Waals surface area contributed by atoms with Gasteiger partial charge in [-0.2, -0.15) is 0 Å². The second kappa shape index (κ2) is 7.53. The highest BCUT2D eigenvalue weighted by atomic mass is 32.2. The first-order valence-corrected chi connectivity index (χ1v) is 10.8. The summed E-state index contributed by atoms with van der Waals surface area (Å²) in [6, 6.07) is 11.6. The van der Waals surface area contributed by atoms with Crippen LogP contribution in [-0.2, 0) is 16.6 Å². The van der Waals surface area contributed by atoms with Crippen LogP contribution in [0.4, 0.5) is 4.39 Å². The molecule has 6 nitrogen and oxygen atoms in total. The molecule has 0 bridgehead atoms. The minimum Gasteiger partial charge on any atom is -0.367 e. The number of likely N-dealkylation sites (tertiary alicyclic amines) is 1. The van der Waals surface area contributed by atoms with Crippen molar-refractivity contribution in [2.75, 3.05) is 13.1 Å². The zero-order valence-electron chi connectivity index (χ0n) is 15.5. The van der Waals surface area contributed by atoms with E-state index in [9.17, 15) is 22.4 Å². The van der Waals surface area contributed by atoms with Gasteiger partial charge in [0.25, 0.3) is 0 Å². The molecule has 1 aliphatic heterocycles. The van der Waals surface area contributed by atoms with Gasteiger partial charge in [-0.05, 0) is 30.5 Å². The quantitative estimate of drug-likeness (QED) is 0.813. The third-order valence-corrected chi connectivity index (χ3v) is 6.56. The van der Waals surface area contributed by atoms with Gasteiger partial charge in [-0.15, -0.1) is 0 Å². The molecule has 2 aromatic carbocycles. The molecule has 0 amide bonds. The van der Waals surface area contributed by atoms with Crippen LogP contribution in [0.1, 0.15) is 39.1 Å². The van der Waals surface area contributed by atoms with E-state index in [4.69, 9.17) is 0 Å². The minimum absolute atomic E-state index is 0.0576. The van der Waals surface area contributed by atoms with Crippen molar-refractivity contribution in [3.63, 3.8) is 0 Å². The van der Waals surface area contributed by atoms with Crippen LogP contribution in [0.3, 0.4) is 0 Å². The number of carbonyl (C=O) groups is 2. The lowest BCUT2D eigenvalue weighted by Crippen LogP contribution is -2.38. The van der Waals surface area contributed by atoms with Gasteiger partial charge in [0.05, 0.1) is 0 Å². The van der Waals surface area contributed by atoms with Crippen molar-refractivity contribution in [1.82, 2.24) is 9.62 Å². The van der Waals surface area contributed by atoms with Crippen LogP contribution in [0.15, 0.2) is 59.1 Å². The van der Waals surface area contributed by atoms with Gasteiger partial charge in [-0.3, -0.25) is 9.59 Å². The summed E-state index contributed by atoms with van der Waals surface area (Å²) in [4.78, 5) is 27.4. The van der Waals surface area contributed by atoms with Crippen LogP contribution in [0.25, 0.3) is 0 Å². The smallest absolute Gasteiger partial charge is 0.247 e. The molecule has 1 fully saturated rings. The summed E-state index contributed by atoms with van der Waals surface area (Å²) < 4.78 is 41.7. The normalized spacial score (nSPS) is 17.1. The molecule has 0 radical (unpaired) electrons. The van der Waals surface area contributed by atoms with Crippen LogP contribution < -0.4 is 4.72 Å². The van der Waals surface area contributed by atoms with E-state index in [-0.39, 0.29) is 23.4 Å². The number of hydrogen-bond donors (Lipinski definition) is 1. The third-order valence-electron chi connectivity index (χ3n) is 5.12. The number of benzene rings is 2. The van der Waals surface area contributed by atoms with Crippen molar-refractivity contribution in [3.05, 3.63) is 81.6 Å². The standard InChI is InChI=1S/C21H19FN2O4S/c22-15-9-7-14(8-10-15)13-23-29(27,28)21-18(24-11-3-4-12-24)19(25)16-5-1-2-6-17(16)20(21)26/h1-2,5-10,23H,3-4,11-13H2. The summed E-state index contributed by atoms with van der Waals surface area (Å²) in [6.07, 6.45) is 1.64. The Balaban J connectivity index is 1.76. The second-order valence-corrected chi connectivity index (χ2v) is 8.73. The lowest BCUT2D eigenvalue weighted by atomic mass is 9.92. The summed E-state index contributed by atoms with van der Waals surface area (Å²) >= 11 is 0. The van der Waals surface area contributed by atoms with Gasteiger partial charge in [-0.1, -0.05) is 36.4 Å². The largest absolute Gasteiger partial charge is 0.367 e. The van der Waals surface area contributed by atoms with E-state index in [2.05, 4.69) is 4.72 Å². The maximum Gasteiger partial charge on any atom is 0.247 e. The summed E-state index contributed by atoms with van der Waals surface area (Å²) in [7, 11) is -4.28. The first-order valence-electron chi connectivity index (χ1n) is 9.30. The molecule has 0 saturated carbocycles. The number of ketones is 2. The van der Waals surface area contributed by atoms with E-state index >= 15 is 0 Å². The number of nitrogens with one attached hydrogen (secondary N) is 1. The highest BCUT2D eigenvalue weighted by molar-refractivity contribution is 7.94. The molecule has 0 aromatic heterocycles. The zero-order chi connectivity index (χ0) is 20.6. The average Bonchev–Trinajstić information content (AvgIpc) is 3.24. The molecule has 1 heterocycles. The fourth-order valence-electron chi connectivity index (χ4n) is 3.67. The van der Waals surface area contributed by atoms with Crippen molar-refractivity contribution < 1.29 is 22.4 Å². The number of rotatable bonds is 5. The van der Waals surface area contributed by atoms with Gasteiger partial charge < -0.3 is 4.90 Å². The lowest BCUT2D eigenvalue weighted by Gasteiger charge is -2.27. The monoisotopic (exact) mass is 414 g/mol. The Kier molecular flexibility index (Phi) is 5.06. The maximum atomic E-state index is 13.1. The van der Waals surface area contributed by atoms with E-state index in [0.29, 0.717) is 18.7 Å². The number of sulfonamides is 1. The third kappa shape index (κ3) is 3.61. The Morgan fingerprint density at radius 2 is 1.48 bits per heavy atom. The van der Waals surface area contributed by atoms with E-state index < -0.39 is 32.3 Å². The number of Topliss-reactive ketones (excluding diaryl/α,β-unsaturated/α-hetero) is 2. The Morgan fingerprint density at radius 1 is 0.897 bits per heavy atom. The number of halogens is 1. The molecule has 1 saturated heterocycles. The minimum atomic E-state index is -4.28. The SMILES string of the molecule is O=C1C(N2CCCC2)=C(S(=O)(=O)NCc2ccc(F)cc2)C(=O)c2ccccc21. The fraction of sp³-hybridized carbons (Fsp3) is 0.238. The van der Waals surface area contributed by atoms with E-state index in [1.54, 1.807) is 23.1 Å². The molecule has 2 aliphatic rings. The number of fused-ring (bicyclic) bond motifs is 1. The van der Waals surface area contributed by atoms with E-state index in [0.717, 1.165) is 12.8 Å². The van der Waals surface area contributed by atoms with Crippen LogP contribution >= 0.6 is 0 Å². The summed E-state index contributed by atoms with van der Waals surface area (Å²) in [5, 5.41) is 0. The van der Waals surface area contributed by atoms with E-state index in [1.807, 2.05) is 0 Å². The Hall–Kier alpha value is -2.84. The van der Waals surface area contributed by atoms with Crippen LogP contribution in [-0.4, -0.2) is 38.0 Å². The van der Waals surface area contributed by atoms with Crippen molar-refractivity contribution in [2.24, 2.45) is 0 Å². The van der Waals surface area contributed by atoms with Crippen molar-refractivity contribution in [1.29, 1.82) is 0 Å². The van der Waals surface area contributed by atoms with Crippen LogP contribution in [0.2, 0.25) is 0 Å². The molecule has 1 N–H and O–H groups in total. The molecule has 0 atom stereocenters. The lowest BCUT2D eigenvalue weighted by molar-refractivity contribution is 0.0952. The van der Waals surface area contributed by atoms with Gasteiger partial charge in [-0.25, -0.2) is 17.5 Å². The van der Waals surface area contributed by atoms with Crippen LogP contribution in [0, 0.1) is 5.82 Å². The molecule has 1 aliphatic carbocycles. The predicted octanol–water partition coefficient (Wildman–Crippen LogP) is 2.63. The van der Waals surface area contributed by atoms with Crippen molar-refractivity contribution in [2.45, 2.75) is 19.4 Å². The zero-order valence-corrected chi connectivity index (χ0v) is 16.3. The van der Waals surface area contributed by atoms with Gasteiger partial charge in [0.1, 0.15) is 11.5 Å². The maximum absolute atomic E-state index is 13.1. The molecule has 4 rings (SSSR count). The summed E-state index contributed by atoms with van der Waals surface area (Å²) in [5.41, 5.74) is 0.783. The number of nitrogens with zero attached hydrogens (tertiary/aromatic N) is 1. The summed E-state index contributed by atoms with van der Waals surface area (Å²) in [5.74, 6) is -1.57. The Labute approximate surface area is 168 Å². The molecule has 2 aromatic rings. The molecule has 8 heteroatoms. The molecular weight excluding hydrogens is 395 g/mol. The van der Waals surface area contributed by atoms with Gasteiger partial charge >= 0.3 is 0 Å². The average molecular weight is 414 g/mol. The molecule has 0 unspecified atom stereocenters. The highest BCUT2D eigenvalue weighted by Crippen LogP contribution is 2.32. The molecule has 29 heavy (non-hydrogen) atoms.